The van der Waals surface area contributed by atoms with Crippen LogP contribution in [-0.4, -0.2) is 39.2 Å². The van der Waals surface area contributed by atoms with Gasteiger partial charge in [0.1, 0.15) is 5.75 Å². The minimum Gasteiger partial charge on any atom is -0.495 e. The summed E-state index contributed by atoms with van der Waals surface area (Å²) < 4.78 is 8.30. The Balaban J connectivity index is 1.36. The second-order valence-electron chi connectivity index (χ2n) is 7.05. The smallest absolute Gasteiger partial charge is 0.321 e. The van der Waals surface area contributed by atoms with Crippen molar-refractivity contribution >= 4 is 32.7 Å². The Hall–Kier alpha value is -3.46. The first-order valence-electron chi connectivity index (χ1n) is 10.1. The summed E-state index contributed by atoms with van der Waals surface area (Å²) in [6, 6.07) is 7.63. The molecule has 3 heterocycles. The highest BCUT2D eigenvalue weighted by Gasteiger charge is 2.10. The fraction of sp³-hybridized carbons (Fsp3) is 0.273. The highest BCUT2D eigenvalue weighted by Crippen LogP contribution is 2.31. The lowest BCUT2D eigenvalue weighted by atomic mass is 10.1. The van der Waals surface area contributed by atoms with Crippen LogP contribution in [-0.2, 0) is 13.0 Å². The van der Waals surface area contributed by atoms with Crippen molar-refractivity contribution in [1.82, 2.24) is 24.8 Å². The molecule has 0 radical (unpaired) electrons. The van der Waals surface area contributed by atoms with Crippen molar-refractivity contribution < 1.29 is 9.53 Å². The van der Waals surface area contributed by atoms with E-state index >= 15 is 0 Å². The van der Waals surface area contributed by atoms with Crippen LogP contribution < -0.4 is 15.4 Å². The van der Waals surface area contributed by atoms with Crippen LogP contribution in [0.3, 0.4) is 0 Å². The van der Waals surface area contributed by atoms with Crippen molar-refractivity contribution in [3.05, 3.63) is 54.9 Å². The fourth-order valence-electron chi connectivity index (χ4n) is 3.21. The Labute approximate surface area is 184 Å². The predicted molar refractivity (Wildman–Crippen MR) is 123 cm³/mol. The zero-order chi connectivity index (χ0) is 21.6. The predicted octanol–water partition coefficient (Wildman–Crippen LogP) is 4.34. The second kappa shape index (κ2) is 9.57. The molecule has 4 rings (SSSR count). The van der Waals surface area contributed by atoms with E-state index in [0.29, 0.717) is 23.8 Å². The molecular formula is C22H24N6O2S. The lowest BCUT2D eigenvalue weighted by Crippen LogP contribution is -2.30. The molecule has 31 heavy (non-hydrogen) atoms. The summed E-state index contributed by atoms with van der Waals surface area (Å²) in [5.74, 6) is 0.707. The quantitative estimate of drug-likeness (QED) is 0.429. The van der Waals surface area contributed by atoms with Gasteiger partial charge < -0.3 is 14.6 Å². The van der Waals surface area contributed by atoms with Crippen LogP contribution in [0.5, 0.6) is 5.75 Å². The third-order valence-electron chi connectivity index (χ3n) is 4.73. The first-order chi connectivity index (χ1) is 15.1. The number of hydrogen-bond acceptors (Lipinski definition) is 6. The Morgan fingerprint density at radius 2 is 2.13 bits per heavy atom. The standard InChI is InChI=1S/C22H24N6O2S/c1-3-8-28-13-17(25-14-28)6-7-24-21(29)27-22-26-19-5-4-15(10-20(19)31-22)16-9-18(30-2)12-23-11-16/h4-5,9-14H,3,6-8H2,1-2H3,(H2,24,26,27,29). The number of imidazole rings is 1. The van der Waals surface area contributed by atoms with Gasteiger partial charge in [0, 0.05) is 37.5 Å². The second-order valence-corrected chi connectivity index (χ2v) is 8.08. The molecule has 160 valence electrons. The van der Waals surface area contributed by atoms with Gasteiger partial charge >= 0.3 is 6.03 Å². The average molecular weight is 437 g/mol. The molecule has 4 aromatic rings. The minimum atomic E-state index is -0.274. The van der Waals surface area contributed by atoms with E-state index in [0.717, 1.165) is 40.0 Å². The van der Waals surface area contributed by atoms with Crippen molar-refractivity contribution in [3.63, 3.8) is 0 Å². The molecule has 8 nitrogen and oxygen atoms in total. The molecule has 3 aromatic heterocycles. The Bertz CT molecular complexity index is 1190. The number of benzene rings is 1. The zero-order valence-corrected chi connectivity index (χ0v) is 18.3. The summed E-state index contributed by atoms with van der Waals surface area (Å²) in [6.07, 6.45) is 9.06. The van der Waals surface area contributed by atoms with Gasteiger partial charge in [0.2, 0.25) is 0 Å². The molecule has 0 aliphatic heterocycles. The SMILES string of the molecule is CCCn1cnc(CCNC(=O)Nc2nc3ccc(-c4cncc(OC)c4)cc3s2)c1. The number of nitrogens with zero attached hydrogens (tertiary/aromatic N) is 4. The van der Waals surface area contributed by atoms with Gasteiger partial charge in [-0.15, -0.1) is 0 Å². The summed E-state index contributed by atoms with van der Waals surface area (Å²) in [5, 5.41) is 6.24. The van der Waals surface area contributed by atoms with Gasteiger partial charge in [0.25, 0.3) is 0 Å². The molecule has 0 saturated carbocycles. The molecule has 0 bridgehead atoms. The topological polar surface area (TPSA) is 94.0 Å². The number of nitrogens with one attached hydrogen (secondary N) is 2. The van der Waals surface area contributed by atoms with Crippen molar-refractivity contribution in [2.75, 3.05) is 19.0 Å². The number of ether oxygens (including phenoxy) is 1. The number of carbonyl (C=O) groups is 1. The number of amides is 2. The maximum atomic E-state index is 12.2. The number of thiazole rings is 1. The van der Waals surface area contributed by atoms with Crippen LogP contribution in [0.15, 0.2) is 49.2 Å². The van der Waals surface area contributed by atoms with E-state index in [1.54, 1.807) is 19.5 Å². The van der Waals surface area contributed by atoms with Crippen LogP contribution in [0, 0.1) is 0 Å². The van der Waals surface area contributed by atoms with Crippen LogP contribution in [0.4, 0.5) is 9.93 Å². The molecular weight excluding hydrogens is 412 g/mol. The number of anilines is 1. The number of pyridine rings is 1. The number of aromatic nitrogens is 4. The van der Waals surface area contributed by atoms with Crippen LogP contribution in [0.2, 0.25) is 0 Å². The van der Waals surface area contributed by atoms with Gasteiger partial charge in [0.15, 0.2) is 5.13 Å². The summed E-state index contributed by atoms with van der Waals surface area (Å²) >= 11 is 1.43. The highest BCUT2D eigenvalue weighted by atomic mass is 32.1. The Morgan fingerprint density at radius 3 is 2.97 bits per heavy atom. The number of carbonyl (C=O) groups excluding carboxylic acids is 1. The van der Waals surface area contributed by atoms with E-state index in [1.807, 2.05) is 36.8 Å². The minimum absolute atomic E-state index is 0.274. The van der Waals surface area contributed by atoms with Crippen molar-refractivity contribution in [2.24, 2.45) is 0 Å². The first kappa shape index (κ1) is 20.8. The molecule has 0 unspecified atom stereocenters. The van der Waals surface area contributed by atoms with Crippen LogP contribution >= 0.6 is 11.3 Å². The Morgan fingerprint density at radius 1 is 1.23 bits per heavy atom. The lowest BCUT2D eigenvalue weighted by molar-refractivity contribution is 0.252. The summed E-state index contributed by atoms with van der Waals surface area (Å²) in [4.78, 5) is 25.3. The lowest BCUT2D eigenvalue weighted by Gasteiger charge is -2.04. The monoisotopic (exact) mass is 436 g/mol. The highest BCUT2D eigenvalue weighted by molar-refractivity contribution is 7.22. The molecule has 2 amide bonds. The summed E-state index contributed by atoms with van der Waals surface area (Å²) in [5.41, 5.74) is 3.78. The number of urea groups is 1. The summed E-state index contributed by atoms with van der Waals surface area (Å²) in [7, 11) is 1.62. The van der Waals surface area contributed by atoms with Gasteiger partial charge in [-0.05, 0) is 30.2 Å². The molecule has 0 saturated heterocycles. The average Bonchev–Trinajstić information content (AvgIpc) is 3.39. The number of hydrogen-bond donors (Lipinski definition) is 2. The third-order valence-corrected chi connectivity index (χ3v) is 5.66. The molecule has 0 aliphatic rings. The normalized spacial score (nSPS) is 10.9. The molecule has 1 aromatic carbocycles. The number of fused-ring (bicyclic) bond motifs is 1. The largest absolute Gasteiger partial charge is 0.495 e. The molecule has 9 heteroatoms. The molecule has 0 atom stereocenters. The van der Waals surface area contributed by atoms with Crippen molar-refractivity contribution in [3.8, 4) is 16.9 Å². The molecule has 0 spiro atoms. The van der Waals surface area contributed by atoms with Crippen molar-refractivity contribution in [2.45, 2.75) is 26.3 Å². The number of rotatable bonds is 8. The van der Waals surface area contributed by atoms with Gasteiger partial charge in [-0.25, -0.2) is 14.8 Å². The number of aryl methyl sites for hydroxylation is 1. The van der Waals surface area contributed by atoms with Crippen LogP contribution in [0.25, 0.3) is 21.3 Å². The first-order valence-corrected chi connectivity index (χ1v) is 10.9. The van der Waals surface area contributed by atoms with E-state index in [4.69, 9.17) is 4.74 Å². The van der Waals surface area contributed by atoms with Gasteiger partial charge in [0.05, 0.1) is 35.5 Å². The van der Waals surface area contributed by atoms with Crippen molar-refractivity contribution in [1.29, 1.82) is 0 Å². The fourth-order valence-corrected chi connectivity index (χ4v) is 4.11. The van der Waals surface area contributed by atoms with Gasteiger partial charge in [-0.1, -0.05) is 24.3 Å². The number of methoxy groups -OCH3 is 1. The van der Waals surface area contributed by atoms with Crippen LogP contribution in [0.1, 0.15) is 19.0 Å². The zero-order valence-electron chi connectivity index (χ0n) is 17.5. The molecule has 0 fully saturated rings. The van der Waals surface area contributed by atoms with E-state index < -0.39 is 0 Å². The summed E-state index contributed by atoms with van der Waals surface area (Å²) in [6.45, 7) is 3.59. The molecule has 2 N–H and O–H groups in total. The Kier molecular flexibility index (Phi) is 6.42. The van der Waals surface area contributed by atoms with E-state index in [-0.39, 0.29) is 6.03 Å². The van der Waals surface area contributed by atoms with E-state index in [2.05, 4.69) is 37.1 Å². The maximum Gasteiger partial charge on any atom is 0.321 e. The van der Waals surface area contributed by atoms with E-state index in [9.17, 15) is 4.79 Å². The molecule has 0 aliphatic carbocycles. The third kappa shape index (κ3) is 5.18. The van der Waals surface area contributed by atoms with Gasteiger partial charge in [-0.3, -0.25) is 10.3 Å². The van der Waals surface area contributed by atoms with Gasteiger partial charge in [-0.2, -0.15) is 0 Å². The maximum absolute atomic E-state index is 12.2. The van der Waals surface area contributed by atoms with E-state index in [1.165, 1.54) is 11.3 Å².